The summed E-state index contributed by atoms with van der Waals surface area (Å²) in [6.07, 6.45) is 0.495. The Morgan fingerprint density at radius 3 is 2.71 bits per heavy atom. The summed E-state index contributed by atoms with van der Waals surface area (Å²) in [6.45, 7) is 3.10. The van der Waals surface area contributed by atoms with Gasteiger partial charge in [-0.15, -0.1) is 11.3 Å². The Balaban J connectivity index is 2.55. The number of carboxylic acid groups (broad SMARTS) is 1. The first-order chi connectivity index (χ1) is 9.90. The van der Waals surface area contributed by atoms with Crippen LogP contribution in [0.1, 0.15) is 21.7 Å². The highest BCUT2D eigenvalue weighted by atomic mass is 32.2. The Morgan fingerprint density at radius 2 is 2.10 bits per heavy atom. The SMILES string of the molecule is COCCOCCCNS(=O)(=O)c1c(C)csc1C(=O)O. The van der Waals surface area contributed by atoms with Crippen molar-refractivity contribution >= 4 is 27.3 Å². The van der Waals surface area contributed by atoms with Crippen LogP contribution in [-0.2, 0) is 19.5 Å². The average Bonchev–Trinajstić information content (AvgIpc) is 2.80. The number of sulfonamides is 1. The van der Waals surface area contributed by atoms with Gasteiger partial charge in [0.05, 0.1) is 13.2 Å². The van der Waals surface area contributed by atoms with Gasteiger partial charge < -0.3 is 14.6 Å². The van der Waals surface area contributed by atoms with Gasteiger partial charge in [-0.2, -0.15) is 0 Å². The Kier molecular flexibility index (Phi) is 7.26. The zero-order valence-electron chi connectivity index (χ0n) is 11.9. The van der Waals surface area contributed by atoms with Crippen LogP contribution in [0, 0.1) is 6.92 Å². The van der Waals surface area contributed by atoms with Gasteiger partial charge in [0, 0.05) is 20.3 Å². The highest BCUT2D eigenvalue weighted by Crippen LogP contribution is 2.26. The van der Waals surface area contributed by atoms with Crippen LogP contribution in [0.2, 0.25) is 0 Å². The van der Waals surface area contributed by atoms with E-state index in [1.165, 1.54) is 5.38 Å². The van der Waals surface area contributed by atoms with E-state index in [2.05, 4.69) is 4.72 Å². The molecule has 0 aliphatic rings. The summed E-state index contributed by atoms with van der Waals surface area (Å²) in [5.74, 6) is -1.24. The standard InChI is InChI=1S/C12H19NO6S2/c1-9-8-20-10(12(14)15)11(9)21(16,17)13-4-3-5-19-7-6-18-2/h8,13H,3-7H2,1-2H3,(H,14,15). The van der Waals surface area contributed by atoms with Crippen LogP contribution in [0.15, 0.2) is 10.3 Å². The second kappa shape index (κ2) is 8.44. The maximum atomic E-state index is 12.1. The molecule has 1 heterocycles. The van der Waals surface area contributed by atoms with E-state index < -0.39 is 16.0 Å². The van der Waals surface area contributed by atoms with Gasteiger partial charge in [-0.25, -0.2) is 17.9 Å². The number of hydrogen-bond donors (Lipinski definition) is 2. The molecule has 1 aromatic heterocycles. The smallest absolute Gasteiger partial charge is 0.347 e. The molecule has 7 nitrogen and oxygen atoms in total. The van der Waals surface area contributed by atoms with Gasteiger partial charge in [0.1, 0.15) is 9.77 Å². The lowest BCUT2D eigenvalue weighted by Gasteiger charge is -2.08. The fourth-order valence-electron chi connectivity index (χ4n) is 1.61. The number of thiophene rings is 1. The van der Waals surface area contributed by atoms with E-state index in [9.17, 15) is 13.2 Å². The first kappa shape index (κ1) is 18.1. The first-order valence-corrected chi connectivity index (χ1v) is 8.64. The molecule has 0 spiro atoms. The Morgan fingerprint density at radius 1 is 1.38 bits per heavy atom. The molecule has 0 saturated heterocycles. The molecule has 0 amide bonds. The van der Waals surface area contributed by atoms with Crippen LogP contribution in [-0.4, -0.2) is 53.0 Å². The first-order valence-electron chi connectivity index (χ1n) is 6.28. The third kappa shape index (κ3) is 5.36. The van der Waals surface area contributed by atoms with Gasteiger partial charge in [0.25, 0.3) is 0 Å². The molecule has 0 radical (unpaired) electrons. The molecule has 2 N–H and O–H groups in total. The van der Waals surface area contributed by atoms with Crippen molar-refractivity contribution in [3.8, 4) is 0 Å². The Labute approximate surface area is 127 Å². The minimum atomic E-state index is -3.82. The van der Waals surface area contributed by atoms with Crippen LogP contribution in [0.3, 0.4) is 0 Å². The molecule has 0 aromatic carbocycles. The number of hydrogen-bond acceptors (Lipinski definition) is 6. The van der Waals surface area contributed by atoms with E-state index in [0.717, 1.165) is 11.3 Å². The lowest BCUT2D eigenvalue weighted by Crippen LogP contribution is -2.27. The molecule has 0 aliphatic carbocycles. The molecule has 0 unspecified atom stereocenters. The van der Waals surface area contributed by atoms with Gasteiger partial charge in [-0.1, -0.05) is 0 Å². The van der Waals surface area contributed by atoms with Crippen molar-refractivity contribution in [1.82, 2.24) is 4.72 Å². The molecule has 0 bridgehead atoms. The minimum Gasteiger partial charge on any atom is -0.477 e. The number of carbonyl (C=O) groups is 1. The van der Waals surface area contributed by atoms with Crippen LogP contribution < -0.4 is 4.72 Å². The van der Waals surface area contributed by atoms with Crippen LogP contribution in [0.4, 0.5) is 0 Å². The molecular weight excluding hydrogens is 318 g/mol. The van der Waals surface area contributed by atoms with Gasteiger partial charge in [-0.3, -0.25) is 0 Å². The third-order valence-electron chi connectivity index (χ3n) is 2.57. The monoisotopic (exact) mass is 337 g/mol. The second-order valence-electron chi connectivity index (χ2n) is 4.24. The van der Waals surface area contributed by atoms with E-state index in [1.54, 1.807) is 14.0 Å². The molecule has 120 valence electrons. The summed E-state index contributed by atoms with van der Waals surface area (Å²) in [5.41, 5.74) is 0.432. The summed E-state index contributed by atoms with van der Waals surface area (Å²) in [4.78, 5) is 10.7. The predicted octanol–water partition coefficient (Wildman–Crippen LogP) is 1.09. The molecule has 9 heteroatoms. The lowest BCUT2D eigenvalue weighted by molar-refractivity contribution is 0.0696. The number of ether oxygens (including phenoxy) is 2. The van der Waals surface area contributed by atoms with Gasteiger partial charge >= 0.3 is 5.97 Å². The molecule has 0 atom stereocenters. The largest absolute Gasteiger partial charge is 0.477 e. The Bertz CT molecular complexity index is 566. The van der Waals surface area contributed by atoms with Gasteiger partial charge in [0.15, 0.2) is 0 Å². The van der Waals surface area contributed by atoms with E-state index in [0.29, 0.717) is 31.8 Å². The van der Waals surface area contributed by atoms with Crippen molar-refractivity contribution < 1.29 is 27.8 Å². The van der Waals surface area contributed by atoms with E-state index in [1.807, 2.05) is 0 Å². The number of methoxy groups -OCH3 is 1. The maximum Gasteiger partial charge on any atom is 0.347 e. The predicted molar refractivity (Wildman–Crippen MR) is 78.5 cm³/mol. The molecular formula is C12H19NO6S2. The number of carboxylic acids is 1. The topological polar surface area (TPSA) is 102 Å². The van der Waals surface area contributed by atoms with Crippen molar-refractivity contribution in [2.75, 3.05) is 33.5 Å². The van der Waals surface area contributed by atoms with Crippen LogP contribution in [0.5, 0.6) is 0 Å². The fraction of sp³-hybridized carbons (Fsp3) is 0.583. The van der Waals surface area contributed by atoms with Crippen LogP contribution >= 0.6 is 11.3 Å². The van der Waals surface area contributed by atoms with Crippen molar-refractivity contribution in [3.05, 3.63) is 15.8 Å². The zero-order valence-corrected chi connectivity index (χ0v) is 13.6. The van der Waals surface area contributed by atoms with Crippen molar-refractivity contribution in [1.29, 1.82) is 0 Å². The molecule has 1 aromatic rings. The average molecular weight is 337 g/mol. The minimum absolute atomic E-state index is 0.152. The fourth-order valence-corrected chi connectivity index (χ4v) is 4.31. The highest BCUT2D eigenvalue weighted by Gasteiger charge is 2.26. The van der Waals surface area contributed by atoms with Crippen molar-refractivity contribution in [2.45, 2.75) is 18.2 Å². The van der Waals surface area contributed by atoms with E-state index in [-0.39, 0.29) is 16.3 Å². The zero-order chi connectivity index (χ0) is 15.9. The summed E-state index contributed by atoms with van der Waals surface area (Å²) in [6, 6.07) is 0. The summed E-state index contributed by atoms with van der Waals surface area (Å²) < 4.78 is 36.7. The molecule has 1 rings (SSSR count). The van der Waals surface area contributed by atoms with Crippen molar-refractivity contribution in [3.63, 3.8) is 0 Å². The molecule has 21 heavy (non-hydrogen) atoms. The maximum absolute atomic E-state index is 12.1. The Hall–Kier alpha value is -1.00. The van der Waals surface area contributed by atoms with E-state index >= 15 is 0 Å². The summed E-state index contributed by atoms with van der Waals surface area (Å²) in [5, 5.41) is 10.5. The summed E-state index contributed by atoms with van der Waals surface area (Å²) in [7, 11) is -2.25. The third-order valence-corrected chi connectivity index (χ3v) is 5.43. The van der Waals surface area contributed by atoms with Gasteiger partial charge in [-0.05, 0) is 24.3 Å². The number of aryl methyl sites for hydroxylation is 1. The highest BCUT2D eigenvalue weighted by molar-refractivity contribution is 7.89. The second-order valence-corrected chi connectivity index (χ2v) is 6.82. The van der Waals surface area contributed by atoms with E-state index in [4.69, 9.17) is 14.6 Å². The molecule has 0 fully saturated rings. The normalized spacial score (nSPS) is 11.7. The quantitative estimate of drug-likeness (QED) is 0.620. The lowest BCUT2D eigenvalue weighted by atomic mass is 10.3. The van der Waals surface area contributed by atoms with Crippen LogP contribution in [0.25, 0.3) is 0 Å². The number of rotatable bonds is 10. The number of nitrogens with one attached hydrogen (secondary N) is 1. The van der Waals surface area contributed by atoms with Gasteiger partial charge in [0.2, 0.25) is 10.0 Å². The molecule has 0 saturated carbocycles. The van der Waals surface area contributed by atoms with Crippen molar-refractivity contribution in [2.24, 2.45) is 0 Å². The summed E-state index contributed by atoms with van der Waals surface area (Å²) >= 11 is 0.907. The number of aromatic carboxylic acids is 1. The molecule has 0 aliphatic heterocycles.